The summed E-state index contributed by atoms with van der Waals surface area (Å²) in [5, 5.41) is 9.11. The maximum Gasteiger partial charge on any atom is 0.315 e. The fourth-order valence-corrected chi connectivity index (χ4v) is 2.24. The lowest BCUT2D eigenvalue weighted by atomic mass is 10.1. The Hall–Kier alpha value is -1.75. The predicted molar refractivity (Wildman–Crippen MR) is 74.3 cm³/mol. The number of ether oxygens (including phenoxy) is 1. The molecular weight excluding hydrogens is 242 g/mol. The molecule has 1 aromatic carbocycles. The molecular formula is C14H21N3O2. The van der Waals surface area contributed by atoms with E-state index in [1.54, 1.807) is 7.11 Å². The molecule has 104 valence electrons. The van der Waals surface area contributed by atoms with Gasteiger partial charge < -0.3 is 20.7 Å². The zero-order valence-corrected chi connectivity index (χ0v) is 11.2. The van der Waals surface area contributed by atoms with Gasteiger partial charge in [0.2, 0.25) is 0 Å². The van der Waals surface area contributed by atoms with Gasteiger partial charge in [-0.2, -0.15) is 0 Å². The van der Waals surface area contributed by atoms with Gasteiger partial charge in [-0.05, 0) is 25.5 Å². The number of nitrogens with one attached hydrogen (secondary N) is 3. The van der Waals surface area contributed by atoms with Gasteiger partial charge in [0.05, 0.1) is 7.11 Å². The van der Waals surface area contributed by atoms with E-state index < -0.39 is 0 Å². The van der Waals surface area contributed by atoms with E-state index >= 15 is 0 Å². The quantitative estimate of drug-likeness (QED) is 0.766. The molecule has 1 aromatic rings. The Morgan fingerprint density at radius 1 is 1.47 bits per heavy atom. The number of hydrogen-bond acceptors (Lipinski definition) is 3. The number of amides is 2. The average Bonchev–Trinajstić information content (AvgIpc) is 2.46. The van der Waals surface area contributed by atoms with Crippen molar-refractivity contribution in [1.29, 1.82) is 0 Å². The molecule has 1 saturated heterocycles. The molecule has 1 atom stereocenters. The Morgan fingerprint density at radius 3 is 3.05 bits per heavy atom. The molecule has 5 heteroatoms. The maximum absolute atomic E-state index is 11.8. The summed E-state index contributed by atoms with van der Waals surface area (Å²) in [5.74, 6) is 0.794. The normalized spacial score (nSPS) is 18.7. The van der Waals surface area contributed by atoms with Crippen LogP contribution in [0.1, 0.15) is 18.4 Å². The van der Waals surface area contributed by atoms with Crippen LogP contribution in [0.5, 0.6) is 5.75 Å². The molecule has 1 aliphatic heterocycles. The van der Waals surface area contributed by atoms with Gasteiger partial charge >= 0.3 is 6.03 Å². The van der Waals surface area contributed by atoms with Crippen molar-refractivity contribution in [3.8, 4) is 5.75 Å². The minimum absolute atomic E-state index is 0.125. The molecule has 5 nitrogen and oxygen atoms in total. The number of rotatable bonds is 4. The van der Waals surface area contributed by atoms with Crippen LogP contribution in [0, 0.1) is 0 Å². The van der Waals surface area contributed by atoms with Crippen LogP contribution in [-0.2, 0) is 6.54 Å². The van der Waals surface area contributed by atoms with Gasteiger partial charge in [-0.3, -0.25) is 0 Å². The Bertz CT molecular complexity index is 417. The van der Waals surface area contributed by atoms with Gasteiger partial charge in [-0.1, -0.05) is 18.2 Å². The molecule has 2 rings (SSSR count). The van der Waals surface area contributed by atoms with Crippen LogP contribution < -0.4 is 20.7 Å². The Balaban J connectivity index is 1.79. The highest BCUT2D eigenvalue weighted by molar-refractivity contribution is 5.74. The minimum Gasteiger partial charge on any atom is -0.496 e. The molecule has 0 spiro atoms. The highest BCUT2D eigenvalue weighted by atomic mass is 16.5. The molecule has 1 aliphatic rings. The standard InChI is InChI=1S/C14H21N3O2/c1-19-13-7-3-2-5-11(13)9-16-14(18)17-12-6-4-8-15-10-12/h2-3,5,7,12,15H,4,6,8-10H2,1H3,(H2,16,17,18). The topological polar surface area (TPSA) is 62.4 Å². The van der Waals surface area contributed by atoms with Gasteiger partial charge in [0.15, 0.2) is 0 Å². The van der Waals surface area contributed by atoms with Crippen LogP contribution >= 0.6 is 0 Å². The third-order valence-electron chi connectivity index (χ3n) is 3.26. The van der Waals surface area contributed by atoms with E-state index in [9.17, 15) is 4.79 Å². The summed E-state index contributed by atoms with van der Waals surface area (Å²) in [6, 6.07) is 7.78. The van der Waals surface area contributed by atoms with Crippen molar-refractivity contribution < 1.29 is 9.53 Å². The smallest absolute Gasteiger partial charge is 0.315 e. The first-order valence-electron chi connectivity index (χ1n) is 6.66. The number of hydrogen-bond donors (Lipinski definition) is 3. The van der Waals surface area contributed by atoms with Crippen molar-refractivity contribution in [3.63, 3.8) is 0 Å². The zero-order valence-electron chi connectivity index (χ0n) is 11.2. The van der Waals surface area contributed by atoms with E-state index in [-0.39, 0.29) is 12.1 Å². The number of urea groups is 1. The lowest BCUT2D eigenvalue weighted by Gasteiger charge is -2.24. The molecule has 19 heavy (non-hydrogen) atoms. The summed E-state index contributed by atoms with van der Waals surface area (Å²) in [5.41, 5.74) is 0.974. The van der Waals surface area contributed by atoms with Gasteiger partial charge in [0, 0.05) is 24.7 Å². The van der Waals surface area contributed by atoms with E-state index in [4.69, 9.17) is 4.74 Å². The molecule has 0 saturated carbocycles. The second kappa shape index (κ2) is 6.99. The zero-order chi connectivity index (χ0) is 13.5. The van der Waals surface area contributed by atoms with Crippen molar-refractivity contribution in [2.75, 3.05) is 20.2 Å². The highest BCUT2D eigenvalue weighted by Crippen LogP contribution is 2.16. The number of carbonyl (C=O) groups excluding carboxylic acids is 1. The molecule has 1 unspecified atom stereocenters. The monoisotopic (exact) mass is 263 g/mol. The molecule has 3 N–H and O–H groups in total. The molecule has 0 bridgehead atoms. The predicted octanol–water partition coefficient (Wildman–Crippen LogP) is 1.25. The van der Waals surface area contributed by atoms with Gasteiger partial charge in [-0.25, -0.2) is 4.79 Å². The first-order chi connectivity index (χ1) is 9.29. The van der Waals surface area contributed by atoms with Crippen molar-refractivity contribution in [1.82, 2.24) is 16.0 Å². The van der Waals surface area contributed by atoms with E-state index in [1.807, 2.05) is 24.3 Å². The Labute approximate surface area is 113 Å². The summed E-state index contributed by atoms with van der Waals surface area (Å²) in [4.78, 5) is 11.8. The van der Waals surface area contributed by atoms with E-state index in [0.29, 0.717) is 6.54 Å². The Morgan fingerprint density at radius 2 is 2.32 bits per heavy atom. The van der Waals surface area contributed by atoms with Crippen LogP contribution in [-0.4, -0.2) is 32.3 Å². The summed E-state index contributed by atoms with van der Waals surface area (Å²) < 4.78 is 5.25. The van der Waals surface area contributed by atoms with E-state index in [2.05, 4.69) is 16.0 Å². The fourth-order valence-electron chi connectivity index (χ4n) is 2.24. The van der Waals surface area contributed by atoms with E-state index in [0.717, 1.165) is 37.2 Å². The van der Waals surface area contributed by atoms with Gasteiger partial charge in [0.25, 0.3) is 0 Å². The summed E-state index contributed by atoms with van der Waals surface area (Å²) >= 11 is 0. The third kappa shape index (κ3) is 4.13. The first kappa shape index (κ1) is 13.7. The molecule has 1 fully saturated rings. The number of para-hydroxylation sites is 1. The van der Waals surface area contributed by atoms with Crippen LogP contribution in [0.2, 0.25) is 0 Å². The highest BCUT2D eigenvalue weighted by Gasteiger charge is 2.15. The molecule has 0 aliphatic carbocycles. The van der Waals surface area contributed by atoms with Crippen LogP contribution in [0.3, 0.4) is 0 Å². The maximum atomic E-state index is 11.8. The molecule has 0 aromatic heterocycles. The van der Waals surface area contributed by atoms with Crippen LogP contribution in [0.15, 0.2) is 24.3 Å². The van der Waals surface area contributed by atoms with Crippen LogP contribution in [0.4, 0.5) is 4.79 Å². The second-order valence-electron chi connectivity index (χ2n) is 4.68. The van der Waals surface area contributed by atoms with E-state index in [1.165, 1.54) is 0 Å². The molecule has 2 amide bonds. The van der Waals surface area contributed by atoms with Crippen molar-refractivity contribution in [2.45, 2.75) is 25.4 Å². The fraction of sp³-hybridized carbons (Fsp3) is 0.500. The lowest BCUT2D eigenvalue weighted by Crippen LogP contribution is -2.48. The van der Waals surface area contributed by atoms with Crippen molar-refractivity contribution in [3.05, 3.63) is 29.8 Å². The first-order valence-corrected chi connectivity index (χ1v) is 6.66. The second-order valence-corrected chi connectivity index (χ2v) is 4.68. The van der Waals surface area contributed by atoms with Crippen LogP contribution in [0.25, 0.3) is 0 Å². The summed E-state index contributed by atoms with van der Waals surface area (Å²) in [6.07, 6.45) is 2.15. The number of piperidine rings is 1. The summed E-state index contributed by atoms with van der Waals surface area (Å²) in [7, 11) is 1.63. The summed E-state index contributed by atoms with van der Waals surface area (Å²) in [6.45, 7) is 2.36. The molecule has 1 heterocycles. The average molecular weight is 263 g/mol. The molecule has 0 radical (unpaired) electrons. The van der Waals surface area contributed by atoms with Gasteiger partial charge in [-0.15, -0.1) is 0 Å². The lowest BCUT2D eigenvalue weighted by molar-refractivity contribution is 0.233. The van der Waals surface area contributed by atoms with Gasteiger partial charge in [0.1, 0.15) is 5.75 Å². The Kier molecular flexibility index (Phi) is 5.03. The number of benzene rings is 1. The number of carbonyl (C=O) groups is 1. The van der Waals surface area contributed by atoms with Crippen molar-refractivity contribution >= 4 is 6.03 Å². The number of methoxy groups -OCH3 is 1. The third-order valence-corrected chi connectivity index (χ3v) is 3.26. The SMILES string of the molecule is COc1ccccc1CNC(=O)NC1CCCNC1. The largest absolute Gasteiger partial charge is 0.496 e. The minimum atomic E-state index is -0.125. The van der Waals surface area contributed by atoms with Crippen molar-refractivity contribution in [2.24, 2.45) is 0 Å².